The molecule has 17 heavy (non-hydrogen) atoms. The van der Waals surface area contributed by atoms with Gasteiger partial charge in [0.15, 0.2) is 0 Å². The van der Waals surface area contributed by atoms with E-state index in [4.69, 9.17) is 63.2 Å². The van der Waals surface area contributed by atoms with Crippen LogP contribution in [0.5, 0.6) is 0 Å². The fraction of sp³-hybridized carbons (Fsp3) is 1.00. The highest BCUT2D eigenvalue weighted by Gasteiger charge is 1.79. The van der Waals surface area contributed by atoms with Gasteiger partial charge in [0, 0.05) is 6.54 Å². The minimum Gasteiger partial charge on any atom is -0.328 e. The maximum atomic E-state index is 8.36. The zero-order chi connectivity index (χ0) is 15.0. The second kappa shape index (κ2) is 19.1. The summed E-state index contributed by atoms with van der Waals surface area (Å²) >= 11 is 0. The van der Waals surface area contributed by atoms with Gasteiger partial charge in [-0.2, -0.15) is 0 Å². The van der Waals surface area contributed by atoms with Gasteiger partial charge in [-0.05, 0) is 0 Å². The molecular weight excluding hydrogens is 252 g/mol. The minimum atomic E-state index is -1.50. The Kier molecular flexibility index (Phi) is 26.9. The lowest BCUT2D eigenvalue weighted by molar-refractivity contribution is -0.742. The van der Waals surface area contributed by atoms with Crippen molar-refractivity contribution in [3.8, 4) is 0 Å². The van der Waals surface area contributed by atoms with Gasteiger partial charge in [0.05, 0.1) is 6.17 Å². The number of rotatable bonds is 1. The van der Waals surface area contributed by atoms with E-state index in [2.05, 4.69) is 0 Å². The largest absolute Gasteiger partial charge is 0.328 e. The van der Waals surface area contributed by atoms with Crippen molar-refractivity contribution in [2.45, 2.75) is 6.17 Å². The summed E-state index contributed by atoms with van der Waals surface area (Å²) < 4.78 is 0. The standard InChI is InChI=1S/C2H9N3.3HNO3/c3-1-2(4)5;3*2-1(3)4/h2H,1,3-5H2;3*(H,2,3,4). The average Bonchev–Trinajstić information content (AvgIpc) is 2.00. The molecule has 0 saturated heterocycles. The van der Waals surface area contributed by atoms with Crippen molar-refractivity contribution < 1.29 is 30.9 Å². The highest BCUT2D eigenvalue weighted by molar-refractivity contribution is 4.45. The lowest BCUT2D eigenvalue weighted by atomic mass is 10.6. The summed E-state index contributed by atoms with van der Waals surface area (Å²) in [5, 5.41) is 40.9. The molecule has 9 N–H and O–H groups in total. The van der Waals surface area contributed by atoms with Crippen LogP contribution in [-0.2, 0) is 0 Å². The Morgan fingerprint density at radius 1 is 0.882 bits per heavy atom. The van der Waals surface area contributed by atoms with Crippen molar-refractivity contribution in [2.24, 2.45) is 17.2 Å². The van der Waals surface area contributed by atoms with Crippen LogP contribution >= 0.6 is 0 Å². The second-order valence-electron chi connectivity index (χ2n) is 1.61. The maximum Gasteiger partial charge on any atom is 0.291 e. The molecule has 0 heterocycles. The van der Waals surface area contributed by atoms with E-state index in [-0.39, 0.29) is 6.17 Å². The summed E-state index contributed by atoms with van der Waals surface area (Å²) in [7, 11) is 0. The van der Waals surface area contributed by atoms with Gasteiger partial charge in [0.2, 0.25) is 0 Å². The van der Waals surface area contributed by atoms with Crippen LogP contribution in [0, 0.1) is 30.3 Å². The molecule has 0 radical (unpaired) electrons. The normalized spacial score (nSPS) is 7.06. The fourth-order valence-electron chi connectivity index (χ4n) is 0. The van der Waals surface area contributed by atoms with Crippen molar-refractivity contribution in [1.82, 2.24) is 0 Å². The second-order valence-corrected chi connectivity index (χ2v) is 1.61. The Morgan fingerprint density at radius 2 is 0.941 bits per heavy atom. The number of hydrogen-bond acceptors (Lipinski definition) is 9. The zero-order valence-electron chi connectivity index (χ0n) is 8.15. The molecule has 0 aliphatic carbocycles. The Labute approximate surface area is 92.3 Å². The average molecular weight is 264 g/mol. The number of nitrogens with two attached hydrogens (primary N) is 3. The molecule has 0 atom stereocenters. The molecule has 104 valence electrons. The van der Waals surface area contributed by atoms with E-state index in [1.54, 1.807) is 0 Å². The molecule has 0 aromatic heterocycles. The van der Waals surface area contributed by atoms with Gasteiger partial charge in [-0.15, -0.1) is 30.3 Å². The van der Waals surface area contributed by atoms with Crippen molar-refractivity contribution in [3.63, 3.8) is 0 Å². The van der Waals surface area contributed by atoms with Gasteiger partial charge >= 0.3 is 0 Å². The smallest absolute Gasteiger partial charge is 0.291 e. The third-order valence-corrected chi connectivity index (χ3v) is 0.272. The van der Waals surface area contributed by atoms with E-state index in [1.165, 1.54) is 0 Å². The first-order valence-electron chi connectivity index (χ1n) is 3.18. The summed E-state index contributed by atoms with van der Waals surface area (Å²) in [4.78, 5) is 25.1. The van der Waals surface area contributed by atoms with Gasteiger partial charge in [0.1, 0.15) is 0 Å². The zero-order valence-corrected chi connectivity index (χ0v) is 8.15. The van der Waals surface area contributed by atoms with Crippen LogP contribution in [0.1, 0.15) is 0 Å². The molecule has 0 fully saturated rings. The van der Waals surface area contributed by atoms with E-state index in [0.29, 0.717) is 6.54 Å². The molecule has 0 aromatic rings. The van der Waals surface area contributed by atoms with Crippen LogP contribution < -0.4 is 17.2 Å². The molecule has 0 unspecified atom stereocenters. The molecule has 0 rings (SSSR count). The van der Waals surface area contributed by atoms with Gasteiger partial charge in [-0.3, -0.25) is 0 Å². The molecule has 15 nitrogen and oxygen atoms in total. The highest BCUT2D eigenvalue weighted by Crippen LogP contribution is 1.43. The van der Waals surface area contributed by atoms with Gasteiger partial charge in [0.25, 0.3) is 15.3 Å². The van der Waals surface area contributed by atoms with E-state index >= 15 is 0 Å². The Morgan fingerprint density at radius 3 is 0.941 bits per heavy atom. The van der Waals surface area contributed by atoms with Crippen LogP contribution in [0.25, 0.3) is 0 Å². The maximum absolute atomic E-state index is 8.36. The Hall–Kier alpha value is -2.52. The highest BCUT2D eigenvalue weighted by atomic mass is 16.9. The fourth-order valence-corrected chi connectivity index (χ4v) is 0. The third kappa shape index (κ3) is 6570. The molecule has 0 saturated carbocycles. The predicted octanol–water partition coefficient (Wildman–Crippen LogP) is -2.85. The monoisotopic (exact) mass is 264 g/mol. The summed E-state index contributed by atoms with van der Waals surface area (Å²) in [5.74, 6) is 0. The molecule has 0 spiro atoms. The van der Waals surface area contributed by atoms with Crippen molar-refractivity contribution in [1.29, 1.82) is 0 Å². The summed E-state index contributed by atoms with van der Waals surface area (Å²) in [6.07, 6.45) is -0.338. The number of hydrogen-bond donors (Lipinski definition) is 6. The molecular formula is C2H12N6O9. The Bertz CT molecular complexity index is 165. The van der Waals surface area contributed by atoms with Gasteiger partial charge < -0.3 is 32.8 Å². The summed E-state index contributed by atoms with van der Waals surface area (Å²) in [5.41, 5.74) is 14.8. The van der Waals surface area contributed by atoms with E-state index < -0.39 is 15.3 Å². The van der Waals surface area contributed by atoms with Gasteiger partial charge in [-0.1, -0.05) is 0 Å². The van der Waals surface area contributed by atoms with Crippen molar-refractivity contribution in [2.75, 3.05) is 6.54 Å². The van der Waals surface area contributed by atoms with Crippen LogP contribution in [0.3, 0.4) is 0 Å². The lowest BCUT2D eigenvalue weighted by Gasteiger charge is -1.93. The SMILES string of the molecule is NCC(N)N.O=[N+]([O-])O.O=[N+]([O-])O.O=[N+]([O-])O. The van der Waals surface area contributed by atoms with Crippen molar-refractivity contribution in [3.05, 3.63) is 30.3 Å². The van der Waals surface area contributed by atoms with Crippen molar-refractivity contribution >= 4 is 0 Å². The first-order valence-corrected chi connectivity index (χ1v) is 3.18. The first kappa shape index (κ1) is 24.0. The summed E-state index contributed by atoms with van der Waals surface area (Å²) in [6, 6.07) is 0. The molecule has 0 bridgehead atoms. The van der Waals surface area contributed by atoms with Gasteiger partial charge in [-0.25, -0.2) is 0 Å². The quantitative estimate of drug-likeness (QED) is 0.158. The first-order chi connectivity index (χ1) is 7.47. The molecule has 15 heteroatoms. The Balaban J connectivity index is -0.0000000667. The van der Waals surface area contributed by atoms with E-state index in [0.717, 1.165) is 0 Å². The van der Waals surface area contributed by atoms with Crippen LogP contribution in [0.2, 0.25) is 0 Å². The third-order valence-electron chi connectivity index (χ3n) is 0.272. The van der Waals surface area contributed by atoms with E-state index in [9.17, 15) is 0 Å². The molecule has 0 aliphatic heterocycles. The topological polar surface area (TPSA) is 268 Å². The lowest BCUT2D eigenvalue weighted by Crippen LogP contribution is -2.37. The van der Waals surface area contributed by atoms with Crippen LogP contribution in [0.4, 0.5) is 0 Å². The van der Waals surface area contributed by atoms with Crippen LogP contribution in [-0.4, -0.2) is 43.6 Å². The molecule has 0 amide bonds. The van der Waals surface area contributed by atoms with E-state index in [1.807, 2.05) is 0 Å². The molecule has 0 aliphatic rings. The molecule has 0 aromatic carbocycles. The number of nitrogens with zero attached hydrogens (tertiary/aromatic N) is 3. The minimum absolute atomic E-state index is 0.338. The van der Waals surface area contributed by atoms with Crippen LogP contribution in [0.15, 0.2) is 0 Å². The summed E-state index contributed by atoms with van der Waals surface area (Å²) in [6.45, 7) is 0.361. The predicted molar refractivity (Wildman–Crippen MR) is 47.6 cm³/mol.